The largest absolute Gasteiger partial charge is 0.508 e. The normalized spacial score (nSPS) is 48.6. The minimum absolute atomic E-state index is 0.0334. The van der Waals surface area contributed by atoms with E-state index < -0.39 is 0 Å². The fraction of sp³-hybridized carbons (Fsp3) is 0.667. The van der Waals surface area contributed by atoms with Crippen LogP contribution in [0.5, 0.6) is 5.75 Å². The van der Waals surface area contributed by atoms with E-state index in [-0.39, 0.29) is 17.3 Å². The second-order valence-electron chi connectivity index (χ2n) is 7.71. The van der Waals surface area contributed by atoms with E-state index in [0.29, 0.717) is 11.7 Å². The van der Waals surface area contributed by atoms with Crippen LogP contribution >= 0.6 is 0 Å². The molecule has 1 aromatic rings. The van der Waals surface area contributed by atoms with Gasteiger partial charge in [-0.25, -0.2) is 9.78 Å². The average molecular weight is 302 g/mol. The van der Waals surface area contributed by atoms with Crippen LogP contribution in [0.25, 0.3) is 0 Å². The number of phenols is 1. The summed E-state index contributed by atoms with van der Waals surface area (Å²) in [6.07, 6.45) is 5.86. The predicted molar refractivity (Wildman–Crippen MR) is 79.0 cm³/mol. The summed E-state index contributed by atoms with van der Waals surface area (Å²) in [7, 11) is 1.71. The van der Waals surface area contributed by atoms with Gasteiger partial charge in [-0.2, -0.15) is 0 Å². The Morgan fingerprint density at radius 3 is 2.32 bits per heavy atom. The van der Waals surface area contributed by atoms with Crippen LogP contribution < -0.4 is 0 Å². The first-order valence-electron chi connectivity index (χ1n) is 8.35. The second kappa shape index (κ2) is 4.25. The van der Waals surface area contributed by atoms with Crippen LogP contribution in [0.2, 0.25) is 0 Å². The summed E-state index contributed by atoms with van der Waals surface area (Å²) in [4.78, 5) is 11.3. The van der Waals surface area contributed by atoms with E-state index in [1.165, 1.54) is 24.8 Å². The van der Waals surface area contributed by atoms with Crippen molar-refractivity contribution in [2.24, 2.45) is 17.8 Å². The zero-order valence-corrected chi connectivity index (χ0v) is 12.8. The first kappa shape index (κ1) is 13.3. The highest BCUT2D eigenvalue weighted by molar-refractivity contribution is 5.39. The molecule has 0 aromatic heterocycles. The van der Waals surface area contributed by atoms with Gasteiger partial charge in [-0.05, 0) is 67.6 Å². The lowest BCUT2D eigenvalue weighted by Crippen LogP contribution is -2.78. The van der Waals surface area contributed by atoms with Crippen LogP contribution in [0, 0.1) is 17.8 Å². The van der Waals surface area contributed by atoms with Crippen LogP contribution in [-0.4, -0.2) is 24.1 Å². The fourth-order valence-corrected chi connectivity index (χ4v) is 6.24. The van der Waals surface area contributed by atoms with Gasteiger partial charge in [0.25, 0.3) is 0 Å². The Kier molecular flexibility index (Phi) is 2.58. The Labute approximate surface area is 130 Å². The van der Waals surface area contributed by atoms with E-state index in [0.717, 1.165) is 24.7 Å². The summed E-state index contributed by atoms with van der Waals surface area (Å²) >= 11 is 0. The van der Waals surface area contributed by atoms with Crippen molar-refractivity contribution < 1.29 is 19.6 Å². The van der Waals surface area contributed by atoms with Gasteiger partial charge in [0.15, 0.2) is 5.60 Å². The Bertz CT molecular complexity index is 582. The molecule has 118 valence electrons. The van der Waals surface area contributed by atoms with Crippen molar-refractivity contribution >= 4 is 0 Å². The summed E-state index contributed by atoms with van der Waals surface area (Å²) in [6.45, 7) is 0. The molecule has 4 bridgehead atoms. The number of hydrogen-bond acceptors (Lipinski definition) is 4. The quantitative estimate of drug-likeness (QED) is 0.853. The molecule has 4 aliphatic carbocycles. The van der Waals surface area contributed by atoms with E-state index in [4.69, 9.17) is 14.5 Å². The van der Waals surface area contributed by atoms with Crippen molar-refractivity contribution in [3.8, 4) is 5.75 Å². The number of ether oxygens (including phenoxy) is 1. The number of rotatable bonds is 2. The highest BCUT2D eigenvalue weighted by Crippen LogP contribution is 2.70. The number of phenolic OH excluding ortho intramolecular Hbond substituents is 1. The number of benzene rings is 1. The summed E-state index contributed by atoms with van der Waals surface area (Å²) in [5.74, 6) is 2.42. The molecular formula is C18H22O4. The lowest BCUT2D eigenvalue weighted by atomic mass is 9.41. The van der Waals surface area contributed by atoms with Crippen molar-refractivity contribution in [1.29, 1.82) is 0 Å². The summed E-state index contributed by atoms with van der Waals surface area (Å²) in [5, 5.41) is 9.66. The third kappa shape index (κ3) is 1.39. The predicted octanol–water partition coefficient (Wildman–Crippen LogP) is 3.14. The molecule has 0 radical (unpaired) electrons. The van der Waals surface area contributed by atoms with E-state index in [2.05, 4.69) is 12.1 Å². The zero-order chi connectivity index (χ0) is 14.9. The molecule has 1 heterocycles. The molecule has 1 aliphatic heterocycles. The summed E-state index contributed by atoms with van der Waals surface area (Å²) in [6, 6.07) is 7.73. The summed E-state index contributed by atoms with van der Waals surface area (Å²) < 4.78 is 5.64. The molecule has 1 aromatic carbocycles. The maximum absolute atomic E-state index is 9.66. The van der Waals surface area contributed by atoms with Crippen LogP contribution in [-0.2, 0) is 19.9 Å². The third-order valence-electron chi connectivity index (χ3n) is 6.79. The smallest absolute Gasteiger partial charge is 0.224 e. The van der Waals surface area contributed by atoms with Crippen LogP contribution in [0.15, 0.2) is 24.3 Å². The average Bonchev–Trinajstić information content (AvgIpc) is 2.46. The molecule has 4 heteroatoms. The number of methoxy groups -OCH3 is 1. The maximum atomic E-state index is 9.66. The minimum atomic E-state index is -0.341. The molecule has 0 amide bonds. The van der Waals surface area contributed by atoms with Crippen molar-refractivity contribution in [2.45, 2.75) is 49.4 Å². The van der Waals surface area contributed by atoms with Gasteiger partial charge in [-0.3, -0.25) is 0 Å². The molecule has 1 N–H and O–H groups in total. The number of aromatic hydroxyl groups is 1. The van der Waals surface area contributed by atoms with Gasteiger partial charge in [0.2, 0.25) is 6.29 Å². The number of hydrogen-bond donors (Lipinski definition) is 1. The molecular weight excluding hydrogens is 280 g/mol. The Morgan fingerprint density at radius 1 is 1.09 bits per heavy atom. The van der Waals surface area contributed by atoms with Crippen LogP contribution in [0.1, 0.15) is 37.7 Å². The molecule has 6 rings (SSSR count). The maximum Gasteiger partial charge on any atom is 0.224 e. The zero-order valence-electron chi connectivity index (χ0n) is 12.8. The molecule has 4 saturated carbocycles. The van der Waals surface area contributed by atoms with Gasteiger partial charge >= 0.3 is 0 Å². The highest BCUT2D eigenvalue weighted by Gasteiger charge is 2.75. The van der Waals surface area contributed by atoms with Gasteiger partial charge in [0, 0.05) is 12.5 Å². The van der Waals surface area contributed by atoms with Crippen LogP contribution in [0.3, 0.4) is 0 Å². The lowest BCUT2D eigenvalue weighted by molar-refractivity contribution is -0.592. The molecule has 1 saturated heterocycles. The Hall–Kier alpha value is -1.10. The highest BCUT2D eigenvalue weighted by atomic mass is 17.3. The molecule has 4 atom stereocenters. The molecule has 22 heavy (non-hydrogen) atoms. The van der Waals surface area contributed by atoms with Gasteiger partial charge in [-0.1, -0.05) is 12.1 Å². The van der Waals surface area contributed by atoms with Crippen molar-refractivity contribution in [1.82, 2.24) is 0 Å². The van der Waals surface area contributed by atoms with E-state index in [1.807, 2.05) is 0 Å². The third-order valence-corrected chi connectivity index (χ3v) is 6.79. The molecule has 4 unspecified atom stereocenters. The first-order chi connectivity index (χ1) is 10.7. The monoisotopic (exact) mass is 302 g/mol. The van der Waals surface area contributed by atoms with Gasteiger partial charge in [0.1, 0.15) is 5.75 Å². The lowest BCUT2D eigenvalue weighted by Gasteiger charge is -2.70. The molecule has 1 spiro atoms. The van der Waals surface area contributed by atoms with Crippen molar-refractivity contribution in [2.75, 3.05) is 7.11 Å². The minimum Gasteiger partial charge on any atom is -0.508 e. The van der Waals surface area contributed by atoms with Crippen LogP contribution in [0.4, 0.5) is 0 Å². The second-order valence-corrected chi connectivity index (χ2v) is 7.71. The van der Waals surface area contributed by atoms with Crippen molar-refractivity contribution in [3.63, 3.8) is 0 Å². The fourth-order valence-electron chi connectivity index (χ4n) is 6.24. The van der Waals surface area contributed by atoms with Crippen molar-refractivity contribution in [3.05, 3.63) is 29.8 Å². The SMILES string of the molecule is COC1OOC12C1CC3CC(C1)CC2(c1ccc(O)cc1)C3. The van der Waals surface area contributed by atoms with E-state index in [9.17, 15) is 5.11 Å². The van der Waals surface area contributed by atoms with E-state index in [1.54, 1.807) is 19.2 Å². The van der Waals surface area contributed by atoms with Gasteiger partial charge in [-0.15, -0.1) is 0 Å². The Morgan fingerprint density at radius 2 is 1.77 bits per heavy atom. The standard InChI is InChI=1S/C18H22O4/c1-20-16-18(22-21-16)14-7-11-6-12(8-14)10-17(18,9-11)13-2-4-15(19)5-3-13/h2-5,11-12,14,16,19H,6-10H2,1H3. The Balaban J connectivity index is 1.68. The molecule has 5 aliphatic rings. The molecule has 4 nitrogen and oxygen atoms in total. The first-order valence-corrected chi connectivity index (χ1v) is 8.35. The topological polar surface area (TPSA) is 47.9 Å². The summed E-state index contributed by atoms with van der Waals surface area (Å²) in [5.41, 5.74) is 0.898. The van der Waals surface area contributed by atoms with Gasteiger partial charge < -0.3 is 9.84 Å². The van der Waals surface area contributed by atoms with Gasteiger partial charge in [0.05, 0.1) is 0 Å². The molecule has 5 fully saturated rings. The van der Waals surface area contributed by atoms with E-state index >= 15 is 0 Å².